The second-order valence-corrected chi connectivity index (χ2v) is 8.55. The summed E-state index contributed by atoms with van der Waals surface area (Å²) in [5, 5.41) is 3.25. The summed E-state index contributed by atoms with van der Waals surface area (Å²) in [4.78, 5) is 12.6. The van der Waals surface area contributed by atoms with Crippen molar-refractivity contribution in [2.75, 3.05) is 6.54 Å². The zero-order valence-electron chi connectivity index (χ0n) is 13.6. The van der Waals surface area contributed by atoms with Crippen molar-refractivity contribution in [3.05, 3.63) is 29.8 Å². The molecule has 4 fully saturated rings. The van der Waals surface area contributed by atoms with Gasteiger partial charge in [0.1, 0.15) is 5.75 Å². The van der Waals surface area contributed by atoms with Crippen LogP contribution < -0.4 is 10.1 Å². The molecule has 23 heavy (non-hydrogen) atoms. The smallest absolute Gasteiger partial charge is 0.261 e. The minimum Gasteiger partial charge on any atom is -0.480 e. The highest BCUT2D eigenvalue weighted by Gasteiger charge is 2.50. The van der Waals surface area contributed by atoms with Gasteiger partial charge < -0.3 is 10.1 Å². The molecule has 0 aromatic heterocycles. The van der Waals surface area contributed by atoms with Crippen molar-refractivity contribution in [2.24, 2.45) is 23.2 Å². The van der Waals surface area contributed by atoms with E-state index in [1.165, 1.54) is 38.5 Å². The van der Waals surface area contributed by atoms with Crippen molar-refractivity contribution in [1.82, 2.24) is 5.32 Å². The molecule has 1 aliphatic heterocycles. The highest BCUT2D eigenvalue weighted by molar-refractivity contribution is 5.82. The average molecular weight is 311 g/mol. The van der Waals surface area contributed by atoms with Gasteiger partial charge >= 0.3 is 0 Å². The summed E-state index contributed by atoms with van der Waals surface area (Å²) in [6.07, 6.45) is 8.75. The monoisotopic (exact) mass is 311 g/mol. The number of para-hydroxylation sites is 1. The summed E-state index contributed by atoms with van der Waals surface area (Å²) in [6, 6.07) is 8.00. The maximum atomic E-state index is 12.6. The Morgan fingerprint density at radius 1 is 1.09 bits per heavy atom. The fraction of sp³-hybridized carbons (Fsp3) is 0.650. The van der Waals surface area contributed by atoms with Crippen molar-refractivity contribution >= 4 is 5.91 Å². The zero-order valence-corrected chi connectivity index (χ0v) is 13.6. The quantitative estimate of drug-likeness (QED) is 0.930. The Kier molecular flexibility index (Phi) is 3.01. The Balaban J connectivity index is 1.23. The third-order valence-corrected chi connectivity index (χ3v) is 6.74. The summed E-state index contributed by atoms with van der Waals surface area (Å²) in [6.45, 7) is 0.867. The molecule has 122 valence electrons. The van der Waals surface area contributed by atoms with Crippen LogP contribution in [0.15, 0.2) is 24.3 Å². The summed E-state index contributed by atoms with van der Waals surface area (Å²) >= 11 is 0. The zero-order chi connectivity index (χ0) is 15.4. The van der Waals surface area contributed by atoms with Gasteiger partial charge in [-0.1, -0.05) is 18.2 Å². The molecule has 5 aliphatic rings. The first-order chi connectivity index (χ1) is 11.2. The van der Waals surface area contributed by atoms with E-state index in [2.05, 4.69) is 11.4 Å². The van der Waals surface area contributed by atoms with Crippen molar-refractivity contribution in [3.8, 4) is 5.75 Å². The molecule has 3 nitrogen and oxygen atoms in total. The summed E-state index contributed by atoms with van der Waals surface area (Å²) < 4.78 is 5.83. The van der Waals surface area contributed by atoms with Crippen LogP contribution in [0, 0.1) is 23.2 Å². The van der Waals surface area contributed by atoms with Crippen molar-refractivity contribution < 1.29 is 9.53 Å². The van der Waals surface area contributed by atoms with E-state index in [1.807, 2.05) is 18.2 Å². The predicted molar refractivity (Wildman–Crippen MR) is 88.2 cm³/mol. The van der Waals surface area contributed by atoms with Gasteiger partial charge in [0, 0.05) is 13.0 Å². The number of hydrogen-bond acceptors (Lipinski definition) is 2. The molecule has 1 aromatic rings. The Morgan fingerprint density at radius 3 is 2.39 bits per heavy atom. The van der Waals surface area contributed by atoms with Crippen LogP contribution in [0.3, 0.4) is 0 Å². The Labute approximate surface area is 137 Å². The normalized spacial score (nSPS) is 39.8. The van der Waals surface area contributed by atoms with Crippen molar-refractivity contribution in [1.29, 1.82) is 0 Å². The molecule has 1 atom stereocenters. The molecule has 1 amide bonds. The molecule has 0 saturated heterocycles. The van der Waals surface area contributed by atoms with Gasteiger partial charge in [-0.3, -0.25) is 4.79 Å². The van der Waals surface area contributed by atoms with Gasteiger partial charge in [-0.2, -0.15) is 0 Å². The second-order valence-electron chi connectivity index (χ2n) is 8.55. The maximum absolute atomic E-state index is 12.6. The minimum atomic E-state index is -0.332. The second kappa shape index (κ2) is 4.99. The molecule has 0 radical (unpaired) electrons. The van der Waals surface area contributed by atoms with Crippen LogP contribution in [0.4, 0.5) is 0 Å². The van der Waals surface area contributed by atoms with Crippen LogP contribution in [0.25, 0.3) is 0 Å². The standard InChI is InChI=1S/C20H25NO2/c22-19(18-8-16-3-1-2-4-17(16)23-18)21-12-20-9-13-5-14(10-20)7-15(6-13)11-20/h1-4,13-15,18H,5-12H2,(H,21,22). The molecule has 6 rings (SSSR count). The number of carbonyl (C=O) groups is 1. The van der Waals surface area contributed by atoms with Crippen molar-refractivity contribution in [2.45, 2.75) is 51.0 Å². The van der Waals surface area contributed by atoms with E-state index in [-0.39, 0.29) is 12.0 Å². The molecule has 1 unspecified atom stereocenters. The lowest BCUT2D eigenvalue weighted by molar-refractivity contribution is -0.129. The summed E-state index contributed by atoms with van der Waals surface area (Å²) in [5.74, 6) is 3.76. The van der Waals surface area contributed by atoms with Gasteiger partial charge in [-0.25, -0.2) is 0 Å². The number of benzene rings is 1. The highest BCUT2D eigenvalue weighted by atomic mass is 16.5. The SMILES string of the molecule is O=C(NCC12CC3CC(CC(C3)C1)C2)C1Cc2ccccc2O1. The molecular weight excluding hydrogens is 286 g/mol. The maximum Gasteiger partial charge on any atom is 0.261 e. The van der Waals surface area contributed by atoms with Crippen LogP contribution >= 0.6 is 0 Å². The molecule has 1 N–H and O–H groups in total. The topological polar surface area (TPSA) is 38.3 Å². The number of rotatable bonds is 3. The number of fused-ring (bicyclic) bond motifs is 1. The lowest BCUT2D eigenvalue weighted by Crippen LogP contribution is -2.52. The number of nitrogens with one attached hydrogen (secondary N) is 1. The summed E-state index contributed by atoms with van der Waals surface area (Å²) in [7, 11) is 0. The number of carbonyl (C=O) groups excluding carboxylic acids is 1. The number of amides is 1. The fourth-order valence-electron chi connectivity index (χ4n) is 6.22. The van der Waals surface area contributed by atoms with E-state index in [4.69, 9.17) is 4.74 Å². The third kappa shape index (κ3) is 2.36. The van der Waals surface area contributed by atoms with E-state index in [0.717, 1.165) is 35.6 Å². The average Bonchev–Trinajstić information content (AvgIpc) is 2.95. The minimum absolute atomic E-state index is 0.0805. The molecule has 4 bridgehead atoms. The first-order valence-electron chi connectivity index (χ1n) is 9.21. The van der Waals surface area contributed by atoms with Crippen LogP contribution in [0.5, 0.6) is 5.75 Å². The van der Waals surface area contributed by atoms with E-state index in [9.17, 15) is 4.79 Å². The van der Waals surface area contributed by atoms with E-state index >= 15 is 0 Å². The first kappa shape index (κ1) is 13.9. The van der Waals surface area contributed by atoms with Gasteiger partial charge in [0.25, 0.3) is 5.91 Å². The molecular formula is C20H25NO2. The highest BCUT2D eigenvalue weighted by Crippen LogP contribution is 2.59. The van der Waals surface area contributed by atoms with Crippen LogP contribution in [-0.2, 0) is 11.2 Å². The van der Waals surface area contributed by atoms with Gasteiger partial charge in [0.15, 0.2) is 6.10 Å². The van der Waals surface area contributed by atoms with Crippen molar-refractivity contribution in [3.63, 3.8) is 0 Å². The largest absolute Gasteiger partial charge is 0.480 e. The summed E-state index contributed by atoms with van der Waals surface area (Å²) in [5.41, 5.74) is 1.55. The Bertz CT molecular complexity index is 578. The van der Waals surface area contributed by atoms with Crippen LogP contribution in [0.1, 0.15) is 44.1 Å². The fourth-order valence-corrected chi connectivity index (χ4v) is 6.22. The van der Waals surface area contributed by atoms with Gasteiger partial charge in [-0.05, 0) is 73.3 Å². The van der Waals surface area contributed by atoms with Gasteiger partial charge in [-0.15, -0.1) is 0 Å². The van der Waals surface area contributed by atoms with E-state index in [1.54, 1.807) is 0 Å². The van der Waals surface area contributed by atoms with Crippen LogP contribution in [0.2, 0.25) is 0 Å². The number of hydrogen-bond donors (Lipinski definition) is 1. The molecule has 1 heterocycles. The molecule has 4 aliphatic carbocycles. The van der Waals surface area contributed by atoms with E-state index < -0.39 is 0 Å². The molecule has 1 aromatic carbocycles. The van der Waals surface area contributed by atoms with Gasteiger partial charge in [0.2, 0.25) is 0 Å². The number of ether oxygens (including phenoxy) is 1. The lowest BCUT2D eigenvalue weighted by atomic mass is 9.49. The Hall–Kier alpha value is -1.51. The molecule has 0 spiro atoms. The Morgan fingerprint density at radius 2 is 1.74 bits per heavy atom. The van der Waals surface area contributed by atoms with E-state index in [0.29, 0.717) is 11.8 Å². The third-order valence-electron chi connectivity index (χ3n) is 6.74. The predicted octanol–water partition coefficient (Wildman–Crippen LogP) is 3.32. The van der Waals surface area contributed by atoms with Gasteiger partial charge in [0.05, 0.1) is 0 Å². The molecule has 3 heteroatoms. The first-order valence-corrected chi connectivity index (χ1v) is 9.21. The van der Waals surface area contributed by atoms with Crippen LogP contribution in [-0.4, -0.2) is 18.6 Å². The molecule has 4 saturated carbocycles. The lowest BCUT2D eigenvalue weighted by Gasteiger charge is -2.56.